The molecule has 5 rings (SSSR count). The number of hydrazine groups is 1. The van der Waals surface area contributed by atoms with Crippen LogP contribution in [-0.4, -0.2) is 66.5 Å². The minimum absolute atomic E-state index is 0.0216. The van der Waals surface area contributed by atoms with E-state index in [0.29, 0.717) is 25.3 Å². The maximum atomic E-state index is 14.4. The number of carbonyl (C=O) groups is 2. The SMILES string of the molecule is CC(C)(C)OC(=O)NN(CCc1ncc(F)cc1C1CCCN1c1ccn2ncc(C(=O)O)c2n1)C1CC1. The molecule has 0 aromatic carbocycles. The van der Waals surface area contributed by atoms with Crippen LogP contribution in [0.25, 0.3) is 5.65 Å². The number of ether oxygens (including phenoxy) is 1. The second-order valence-corrected chi connectivity index (χ2v) is 10.7. The number of carboxylic acids is 1. The van der Waals surface area contributed by atoms with Crippen LogP contribution in [0.15, 0.2) is 30.7 Å². The van der Waals surface area contributed by atoms with Crippen molar-refractivity contribution in [2.45, 2.75) is 70.6 Å². The molecule has 1 saturated carbocycles. The van der Waals surface area contributed by atoms with Crippen molar-refractivity contribution < 1.29 is 23.8 Å². The maximum absolute atomic E-state index is 14.4. The van der Waals surface area contributed by atoms with E-state index in [1.54, 1.807) is 12.3 Å². The van der Waals surface area contributed by atoms with Crippen LogP contribution >= 0.6 is 0 Å². The molecule has 12 heteroatoms. The number of rotatable bonds is 8. The number of fused-ring (bicyclic) bond motifs is 1. The maximum Gasteiger partial charge on any atom is 0.422 e. The Kier molecular flexibility index (Phi) is 6.91. The van der Waals surface area contributed by atoms with Gasteiger partial charge in [0.2, 0.25) is 0 Å². The van der Waals surface area contributed by atoms with E-state index in [-0.39, 0.29) is 23.3 Å². The lowest BCUT2D eigenvalue weighted by Gasteiger charge is -2.29. The number of anilines is 1. The van der Waals surface area contributed by atoms with Gasteiger partial charge >= 0.3 is 12.1 Å². The highest BCUT2D eigenvalue weighted by atomic mass is 19.1. The topological polar surface area (TPSA) is 125 Å². The van der Waals surface area contributed by atoms with Crippen molar-refractivity contribution in [2.24, 2.45) is 0 Å². The van der Waals surface area contributed by atoms with Gasteiger partial charge in [-0.05, 0) is 64.2 Å². The van der Waals surface area contributed by atoms with Crippen molar-refractivity contribution >= 4 is 23.5 Å². The fraction of sp³-hybridized carbons (Fsp3) is 0.500. The molecular weight excluding hydrogens is 493 g/mol. The first-order valence-electron chi connectivity index (χ1n) is 12.8. The average Bonchev–Trinajstić information content (AvgIpc) is 3.41. The summed E-state index contributed by atoms with van der Waals surface area (Å²) in [6.07, 6.45) is 7.79. The van der Waals surface area contributed by atoms with Gasteiger partial charge in [0, 0.05) is 37.4 Å². The Hall–Kier alpha value is -3.80. The van der Waals surface area contributed by atoms with E-state index in [0.717, 1.165) is 36.9 Å². The molecule has 3 aromatic heterocycles. The third-order valence-electron chi connectivity index (χ3n) is 6.67. The lowest BCUT2D eigenvalue weighted by Crippen LogP contribution is -2.47. The lowest BCUT2D eigenvalue weighted by molar-refractivity contribution is 0.0315. The Morgan fingerprint density at radius 2 is 2.05 bits per heavy atom. The zero-order chi connectivity index (χ0) is 27.0. The van der Waals surface area contributed by atoms with Gasteiger partial charge in [-0.15, -0.1) is 0 Å². The summed E-state index contributed by atoms with van der Waals surface area (Å²) in [7, 11) is 0. The Balaban J connectivity index is 1.37. The van der Waals surface area contributed by atoms with E-state index in [2.05, 4.69) is 25.4 Å². The number of amides is 1. The summed E-state index contributed by atoms with van der Waals surface area (Å²) in [5.74, 6) is -0.919. The van der Waals surface area contributed by atoms with Gasteiger partial charge in [0.05, 0.1) is 18.4 Å². The number of carbonyl (C=O) groups excluding carboxylic acids is 1. The third kappa shape index (κ3) is 5.69. The molecule has 1 unspecified atom stereocenters. The van der Waals surface area contributed by atoms with Crippen molar-refractivity contribution in [1.29, 1.82) is 0 Å². The highest BCUT2D eigenvalue weighted by Crippen LogP contribution is 2.37. The number of hydrogen-bond donors (Lipinski definition) is 2. The minimum atomic E-state index is -1.10. The van der Waals surface area contributed by atoms with Crippen molar-refractivity contribution in [3.05, 3.63) is 53.4 Å². The second-order valence-electron chi connectivity index (χ2n) is 10.7. The second kappa shape index (κ2) is 10.2. The molecule has 3 aromatic rings. The first kappa shape index (κ1) is 25.8. The molecular formula is C26H32FN7O4. The number of aromatic carboxylic acids is 1. The number of carboxylic acid groups (broad SMARTS) is 1. The number of nitrogens with one attached hydrogen (secondary N) is 1. The monoisotopic (exact) mass is 525 g/mol. The summed E-state index contributed by atoms with van der Waals surface area (Å²) in [5.41, 5.74) is 4.05. The van der Waals surface area contributed by atoms with E-state index in [1.807, 2.05) is 25.8 Å². The fourth-order valence-electron chi connectivity index (χ4n) is 4.88. The summed E-state index contributed by atoms with van der Waals surface area (Å²) in [6, 6.07) is 3.38. The van der Waals surface area contributed by atoms with E-state index < -0.39 is 23.5 Å². The van der Waals surface area contributed by atoms with Gasteiger partial charge in [-0.3, -0.25) is 10.4 Å². The van der Waals surface area contributed by atoms with E-state index >= 15 is 0 Å². The van der Waals surface area contributed by atoms with E-state index in [1.165, 1.54) is 23.0 Å². The number of aromatic nitrogens is 4. The molecule has 4 heterocycles. The number of pyridine rings is 1. The first-order valence-corrected chi connectivity index (χ1v) is 12.8. The summed E-state index contributed by atoms with van der Waals surface area (Å²) in [4.78, 5) is 35.1. The highest BCUT2D eigenvalue weighted by molar-refractivity contribution is 5.94. The molecule has 0 spiro atoms. The van der Waals surface area contributed by atoms with Crippen LogP contribution in [0.4, 0.5) is 15.0 Å². The summed E-state index contributed by atoms with van der Waals surface area (Å²) in [5, 5.41) is 15.4. The summed E-state index contributed by atoms with van der Waals surface area (Å²) in [6.45, 7) is 6.65. The van der Waals surface area contributed by atoms with Crippen molar-refractivity contribution in [3.63, 3.8) is 0 Å². The van der Waals surface area contributed by atoms with Gasteiger partial charge in [-0.1, -0.05) is 0 Å². The van der Waals surface area contributed by atoms with Crippen molar-refractivity contribution in [3.8, 4) is 0 Å². The molecule has 202 valence electrons. The fourth-order valence-corrected chi connectivity index (χ4v) is 4.88. The molecule has 38 heavy (non-hydrogen) atoms. The minimum Gasteiger partial charge on any atom is -0.477 e. The quantitative estimate of drug-likeness (QED) is 0.423. The summed E-state index contributed by atoms with van der Waals surface area (Å²) >= 11 is 0. The molecule has 1 saturated heterocycles. The normalized spacial score (nSPS) is 17.8. The van der Waals surface area contributed by atoms with Crippen LogP contribution in [0.2, 0.25) is 0 Å². The number of nitrogens with zero attached hydrogens (tertiary/aromatic N) is 6. The van der Waals surface area contributed by atoms with Crippen LogP contribution in [0.3, 0.4) is 0 Å². The standard InChI is InChI=1S/C26H32FN7O4/c1-26(2,3)38-25(37)31-33(17-6-7-17)11-8-20-18(13-16(27)14-28-20)21-5-4-10-32(21)22-9-12-34-23(30-22)19(15-29-34)24(35)36/h9,12-15,17,21H,4-8,10-11H2,1-3H3,(H,31,37)(H,35,36). The van der Waals surface area contributed by atoms with Crippen LogP contribution in [0.5, 0.6) is 0 Å². The lowest BCUT2D eigenvalue weighted by atomic mass is 10.0. The van der Waals surface area contributed by atoms with Crippen molar-refractivity contribution in [2.75, 3.05) is 18.0 Å². The largest absolute Gasteiger partial charge is 0.477 e. The average molecular weight is 526 g/mol. The van der Waals surface area contributed by atoms with Gasteiger partial charge in [0.1, 0.15) is 22.8 Å². The zero-order valence-electron chi connectivity index (χ0n) is 21.7. The van der Waals surface area contributed by atoms with Gasteiger partial charge in [0.15, 0.2) is 5.65 Å². The molecule has 2 N–H and O–H groups in total. The number of halogens is 1. The molecule has 11 nitrogen and oxygen atoms in total. The van der Waals surface area contributed by atoms with Crippen molar-refractivity contribution in [1.82, 2.24) is 30.0 Å². The highest BCUT2D eigenvalue weighted by Gasteiger charge is 2.33. The molecule has 0 radical (unpaired) electrons. The molecule has 1 aliphatic heterocycles. The van der Waals surface area contributed by atoms with Gasteiger partial charge in [-0.2, -0.15) is 5.10 Å². The van der Waals surface area contributed by atoms with Gasteiger partial charge in [-0.25, -0.2) is 28.5 Å². The predicted octanol–water partition coefficient (Wildman–Crippen LogP) is 3.75. The Morgan fingerprint density at radius 1 is 1.26 bits per heavy atom. The molecule has 1 atom stereocenters. The van der Waals surface area contributed by atoms with Gasteiger partial charge in [0.25, 0.3) is 0 Å². The first-order chi connectivity index (χ1) is 18.1. The Bertz CT molecular complexity index is 1350. The molecule has 1 amide bonds. The van der Waals surface area contributed by atoms with Crippen LogP contribution in [0.1, 0.15) is 74.1 Å². The molecule has 0 bridgehead atoms. The molecule has 2 aliphatic rings. The van der Waals surface area contributed by atoms with Gasteiger partial charge < -0.3 is 14.7 Å². The smallest absolute Gasteiger partial charge is 0.422 e. The predicted molar refractivity (Wildman–Crippen MR) is 136 cm³/mol. The molecule has 2 fully saturated rings. The molecule has 1 aliphatic carbocycles. The zero-order valence-corrected chi connectivity index (χ0v) is 21.7. The van der Waals surface area contributed by atoms with Crippen LogP contribution in [0, 0.1) is 5.82 Å². The number of hydrogen-bond acceptors (Lipinski definition) is 8. The Morgan fingerprint density at radius 3 is 2.76 bits per heavy atom. The third-order valence-corrected chi connectivity index (χ3v) is 6.67. The van der Waals surface area contributed by atoms with Crippen LogP contribution in [-0.2, 0) is 11.2 Å². The summed E-state index contributed by atoms with van der Waals surface area (Å²) < 4.78 is 21.3. The Labute approximate surface area is 219 Å². The van der Waals surface area contributed by atoms with E-state index in [9.17, 15) is 19.1 Å². The van der Waals surface area contributed by atoms with E-state index in [4.69, 9.17) is 4.74 Å². The van der Waals surface area contributed by atoms with Crippen LogP contribution < -0.4 is 10.3 Å².